The van der Waals surface area contributed by atoms with Crippen LogP contribution in [0.5, 0.6) is 0 Å². The molecule has 0 amide bonds. The fraction of sp³-hybridized carbons (Fsp3) is 0.333. The molecule has 0 unspecified atom stereocenters. The Labute approximate surface area is 112 Å². The van der Waals surface area contributed by atoms with Gasteiger partial charge in [0.25, 0.3) is 0 Å². The molecule has 0 saturated heterocycles. The minimum absolute atomic E-state index is 0.0201. The molecular formula is C12H12F2N2O4. The monoisotopic (exact) mass is 286 g/mol. The molecular weight excluding hydrogens is 274 g/mol. The molecule has 0 aliphatic carbocycles. The van der Waals surface area contributed by atoms with E-state index in [2.05, 4.69) is 5.32 Å². The number of carbonyl (C=O) groups excluding carboxylic acids is 1. The number of fused-ring (bicyclic) bond motifs is 1. The Bertz CT molecular complexity index is 579. The highest BCUT2D eigenvalue weighted by atomic mass is 19.2. The van der Waals surface area contributed by atoms with Crippen molar-refractivity contribution in [1.29, 1.82) is 0 Å². The molecule has 1 aliphatic heterocycles. The normalized spacial score (nSPS) is 21.8. The summed E-state index contributed by atoms with van der Waals surface area (Å²) in [5, 5.41) is 12.8. The summed E-state index contributed by atoms with van der Waals surface area (Å²) in [5.74, 6) is -6.66. The number of ketones is 1. The number of carbonyl (C=O) groups is 2. The van der Waals surface area contributed by atoms with Crippen LogP contribution in [0.2, 0.25) is 0 Å². The fourth-order valence-electron chi connectivity index (χ4n) is 2.29. The Morgan fingerprint density at radius 3 is 2.60 bits per heavy atom. The van der Waals surface area contributed by atoms with Crippen LogP contribution >= 0.6 is 0 Å². The summed E-state index contributed by atoms with van der Waals surface area (Å²) in [6.45, 7) is 0. The van der Waals surface area contributed by atoms with Crippen LogP contribution in [-0.4, -0.2) is 37.2 Å². The molecule has 2 rings (SSSR count). The summed E-state index contributed by atoms with van der Waals surface area (Å²) in [6.07, 6.45) is -1.03. The number of anilines is 1. The van der Waals surface area contributed by atoms with Gasteiger partial charge in [-0.15, -0.1) is 0 Å². The molecule has 1 heterocycles. The SMILES string of the molecule is CN[C@@H]1[C@H](C(=O)O)C(=O)c2c(ccc(F)c2F)N1OC. The molecule has 0 bridgehead atoms. The van der Waals surface area contributed by atoms with Gasteiger partial charge in [-0.05, 0) is 19.2 Å². The highest BCUT2D eigenvalue weighted by Gasteiger charge is 2.46. The van der Waals surface area contributed by atoms with Crippen molar-refractivity contribution in [3.8, 4) is 0 Å². The maximum absolute atomic E-state index is 13.8. The van der Waals surface area contributed by atoms with Crippen LogP contribution < -0.4 is 10.4 Å². The van der Waals surface area contributed by atoms with Crippen molar-refractivity contribution >= 4 is 17.4 Å². The number of nitrogens with one attached hydrogen (secondary N) is 1. The van der Waals surface area contributed by atoms with Crippen molar-refractivity contribution in [2.75, 3.05) is 19.2 Å². The van der Waals surface area contributed by atoms with E-state index in [1.807, 2.05) is 0 Å². The lowest BCUT2D eigenvalue weighted by Gasteiger charge is -2.38. The second kappa shape index (κ2) is 5.14. The summed E-state index contributed by atoms with van der Waals surface area (Å²) in [7, 11) is 2.68. The van der Waals surface area contributed by atoms with E-state index >= 15 is 0 Å². The molecule has 2 N–H and O–H groups in total. The minimum Gasteiger partial charge on any atom is -0.481 e. The maximum atomic E-state index is 13.8. The minimum atomic E-state index is -1.61. The summed E-state index contributed by atoms with van der Waals surface area (Å²) in [5.41, 5.74) is -0.640. The standard InChI is InChI=1S/C12H12F2N2O4/c1-15-11-8(12(18)19)10(17)7-6(16(11)20-2)4-3-5(13)9(7)14/h3-4,8,11,15H,1-2H3,(H,18,19)/t8-,11+/m1/s1. The number of carboxylic acid groups (broad SMARTS) is 1. The van der Waals surface area contributed by atoms with E-state index in [1.165, 1.54) is 14.2 Å². The van der Waals surface area contributed by atoms with Crippen molar-refractivity contribution < 1.29 is 28.3 Å². The van der Waals surface area contributed by atoms with Gasteiger partial charge in [0.2, 0.25) is 0 Å². The second-order valence-corrected chi connectivity index (χ2v) is 4.18. The first-order chi connectivity index (χ1) is 9.43. The lowest BCUT2D eigenvalue weighted by atomic mass is 9.88. The molecule has 108 valence electrons. The van der Waals surface area contributed by atoms with Crippen LogP contribution in [0.4, 0.5) is 14.5 Å². The van der Waals surface area contributed by atoms with Crippen LogP contribution in [0.3, 0.4) is 0 Å². The molecule has 0 radical (unpaired) electrons. The third-order valence-electron chi connectivity index (χ3n) is 3.17. The smallest absolute Gasteiger partial charge is 0.318 e. The largest absolute Gasteiger partial charge is 0.481 e. The molecule has 2 atom stereocenters. The van der Waals surface area contributed by atoms with Gasteiger partial charge in [0, 0.05) is 0 Å². The number of hydrogen-bond acceptors (Lipinski definition) is 5. The van der Waals surface area contributed by atoms with Gasteiger partial charge in [-0.25, -0.2) is 13.8 Å². The first-order valence-electron chi connectivity index (χ1n) is 5.69. The number of aliphatic carboxylic acids is 1. The van der Waals surface area contributed by atoms with E-state index in [-0.39, 0.29) is 5.69 Å². The Hall–Kier alpha value is -2.06. The highest BCUT2D eigenvalue weighted by molar-refractivity contribution is 6.13. The first-order valence-corrected chi connectivity index (χ1v) is 5.69. The van der Waals surface area contributed by atoms with Crippen molar-refractivity contribution in [1.82, 2.24) is 5.32 Å². The van der Waals surface area contributed by atoms with Gasteiger partial charge in [0.15, 0.2) is 23.3 Å². The number of Topliss-reactive ketones (excluding diaryl/α,β-unsaturated/α-hetero) is 1. The predicted octanol–water partition coefficient (Wildman–Crippen LogP) is 0.775. The number of carboxylic acids is 1. The number of benzene rings is 1. The zero-order chi connectivity index (χ0) is 15.0. The predicted molar refractivity (Wildman–Crippen MR) is 64.2 cm³/mol. The number of hydrogen-bond donors (Lipinski definition) is 2. The summed E-state index contributed by atoms with van der Waals surface area (Å²) >= 11 is 0. The molecule has 0 aromatic heterocycles. The van der Waals surface area contributed by atoms with Crippen LogP contribution in [0, 0.1) is 17.6 Å². The van der Waals surface area contributed by atoms with Gasteiger partial charge in [0.1, 0.15) is 6.17 Å². The number of hydroxylamine groups is 1. The van der Waals surface area contributed by atoms with Gasteiger partial charge in [-0.1, -0.05) is 0 Å². The van der Waals surface area contributed by atoms with E-state index in [4.69, 9.17) is 9.94 Å². The zero-order valence-electron chi connectivity index (χ0n) is 10.7. The number of halogens is 2. The summed E-state index contributed by atoms with van der Waals surface area (Å²) in [6, 6.07) is 2.01. The van der Waals surface area contributed by atoms with E-state index in [0.717, 1.165) is 17.2 Å². The molecule has 1 aromatic carbocycles. The average molecular weight is 286 g/mol. The van der Waals surface area contributed by atoms with E-state index in [9.17, 15) is 18.4 Å². The van der Waals surface area contributed by atoms with Crippen LogP contribution in [-0.2, 0) is 9.63 Å². The summed E-state index contributed by atoms with van der Waals surface area (Å²) < 4.78 is 27.1. The first kappa shape index (κ1) is 14.4. The third-order valence-corrected chi connectivity index (χ3v) is 3.17. The average Bonchev–Trinajstić information content (AvgIpc) is 2.41. The van der Waals surface area contributed by atoms with Gasteiger partial charge < -0.3 is 5.11 Å². The number of nitrogens with zero attached hydrogens (tertiary/aromatic N) is 1. The molecule has 0 fully saturated rings. The van der Waals surface area contributed by atoms with Crippen LogP contribution in [0.15, 0.2) is 12.1 Å². The van der Waals surface area contributed by atoms with Crippen molar-refractivity contribution in [3.63, 3.8) is 0 Å². The Balaban J connectivity index is 2.70. The van der Waals surface area contributed by atoms with Gasteiger partial charge in [-0.3, -0.25) is 19.7 Å². The molecule has 6 nitrogen and oxygen atoms in total. The lowest BCUT2D eigenvalue weighted by Crippen LogP contribution is -2.57. The highest BCUT2D eigenvalue weighted by Crippen LogP contribution is 2.35. The van der Waals surface area contributed by atoms with Crippen LogP contribution in [0.1, 0.15) is 10.4 Å². The number of rotatable bonds is 3. The zero-order valence-corrected chi connectivity index (χ0v) is 10.7. The maximum Gasteiger partial charge on any atom is 0.318 e. The van der Waals surface area contributed by atoms with Gasteiger partial charge in [0.05, 0.1) is 18.4 Å². The Morgan fingerprint density at radius 2 is 2.10 bits per heavy atom. The van der Waals surface area contributed by atoms with Crippen molar-refractivity contribution in [2.24, 2.45) is 5.92 Å². The summed E-state index contributed by atoms with van der Waals surface area (Å²) in [4.78, 5) is 28.4. The lowest BCUT2D eigenvalue weighted by molar-refractivity contribution is -0.141. The van der Waals surface area contributed by atoms with Crippen molar-refractivity contribution in [2.45, 2.75) is 6.17 Å². The Kier molecular flexibility index (Phi) is 3.69. The molecule has 1 aliphatic rings. The fourth-order valence-corrected chi connectivity index (χ4v) is 2.29. The molecule has 0 saturated carbocycles. The third kappa shape index (κ3) is 1.93. The topological polar surface area (TPSA) is 78.9 Å². The van der Waals surface area contributed by atoms with E-state index in [1.54, 1.807) is 0 Å². The molecule has 1 aromatic rings. The van der Waals surface area contributed by atoms with Gasteiger partial charge >= 0.3 is 5.97 Å². The quantitative estimate of drug-likeness (QED) is 0.799. The Morgan fingerprint density at radius 1 is 1.45 bits per heavy atom. The van der Waals surface area contributed by atoms with Gasteiger partial charge in [-0.2, -0.15) is 0 Å². The molecule has 8 heteroatoms. The van der Waals surface area contributed by atoms with Crippen molar-refractivity contribution in [3.05, 3.63) is 29.3 Å². The molecule has 20 heavy (non-hydrogen) atoms. The van der Waals surface area contributed by atoms with E-state index in [0.29, 0.717) is 0 Å². The second-order valence-electron chi connectivity index (χ2n) is 4.18. The van der Waals surface area contributed by atoms with E-state index < -0.39 is 41.0 Å². The van der Waals surface area contributed by atoms with Crippen LogP contribution in [0.25, 0.3) is 0 Å². The molecule has 0 spiro atoms.